The molecule has 112 valence electrons. The SMILES string of the molecule is O=C(O)/C=C/c1cc(Cl)ccc1N(CC1CC1)CC1CC1. The van der Waals surface area contributed by atoms with Gasteiger partial charge in [0.25, 0.3) is 0 Å². The number of carbonyl (C=O) groups is 1. The summed E-state index contributed by atoms with van der Waals surface area (Å²) in [6.45, 7) is 2.15. The fourth-order valence-electron chi connectivity index (χ4n) is 2.60. The third-order valence-corrected chi connectivity index (χ3v) is 4.32. The molecule has 1 N–H and O–H groups in total. The summed E-state index contributed by atoms with van der Waals surface area (Å²) in [5.74, 6) is 0.670. The lowest BCUT2D eigenvalue weighted by Crippen LogP contribution is -2.28. The van der Waals surface area contributed by atoms with Crippen molar-refractivity contribution in [3.8, 4) is 0 Å². The van der Waals surface area contributed by atoms with Gasteiger partial charge >= 0.3 is 5.97 Å². The van der Waals surface area contributed by atoms with Crippen molar-refractivity contribution >= 4 is 29.3 Å². The van der Waals surface area contributed by atoms with E-state index in [1.807, 2.05) is 18.2 Å². The summed E-state index contributed by atoms with van der Waals surface area (Å²) in [6.07, 6.45) is 8.09. The Hall–Kier alpha value is -1.48. The van der Waals surface area contributed by atoms with E-state index in [-0.39, 0.29) is 0 Å². The minimum Gasteiger partial charge on any atom is -0.478 e. The van der Waals surface area contributed by atoms with Crippen LogP contribution in [0.4, 0.5) is 5.69 Å². The first-order valence-electron chi connectivity index (χ1n) is 7.57. The lowest BCUT2D eigenvalue weighted by Gasteiger charge is -2.27. The van der Waals surface area contributed by atoms with Gasteiger partial charge in [-0.2, -0.15) is 0 Å². The van der Waals surface area contributed by atoms with Crippen molar-refractivity contribution in [3.63, 3.8) is 0 Å². The van der Waals surface area contributed by atoms with Crippen LogP contribution in [0.25, 0.3) is 6.08 Å². The van der Waals surface area contributed by atoms with Crippen LogP contribution in [-0.2, 0) is 4.79 Å². The molecule has 1 aromatic rings. The van der Waals surface area contributed by atoms with Gasteiger partial charge < -0.3 is 10.0 Å². The normalized spacial score (nSPS) is 18.1. The van der Waals surface area contributed by atoms with E-state index < -0.39 is 5.97 Å². The second-order valence-corrected chi connectivity index (χ2v) is 6.60. The molecule has 0 saturated heterocycles. The standard InChI is InChI=1S/C17H20ClNO2/c18-15-6-7-16(14(9-15)5-8-17(20)21)19(10-12-1-2-12)11-13-3-4-13/h5-9,12-13H,1-4,10-11H2,(H,20,21)/b8-5+. The molecule has 3 nitrogen and oxygen atoms in total. The molecule has 0 unspecified atom stereocenters. The third kappa shape index (κ3) is 4.24. The minimum atomic E-state index is -0.933. The molecule has 1 aromatic carbocycles. The molecule has 2 aliphatic carbocycles. The summed E-state index contributed by atoms with van der Waals surface area (Å²) in [7, 11) is 0. The van der Waals surface area contributed by atoms with Crippen LogP contribution in [0.1, 0.15) is 31.2 Å². The summed E-state index contributed by atoms with van der Waals surface area (Å²) in [4.78, 5) is 13.2. The van der Waals surface area contributed by atoms with Crippen LogP contribution in [-0.4, -0.2) is 24.2 Å². The Kier molecular flexibility index (Phi) is 4.20. The number of carboxylic acids is 1. The lowest BCUT2D eigenvalue weighted by molar-refractivity contribution is -0.131. The molecular weight excluding hydrogens is 286 g/mol. The molecular formula is C17H20ClNO2. The average molecular weight is 306 g/mol. The average Bonchev–Trinajstić information content (AvgIpc) is 3.31. The molecule has 0 atom stereocenters. The number of benzene rings is 1. The number of aliphatic carboxylic acids is 1. The van der Waals surface area contributed by atoms with Crippen LogP contribution in [0.15, 0.2) is 24.3 Å². The lowest BCUT2D eigenvalue weighted by atomic mass is 10.1. The van der Waals surface area contributed by atoms with E-state index in [0.29, 0.717) is 5.02 Å². The number of nitrogens with zero attached hydrogens (tertiary/aromatic N) is 1. The van der Waals surface area contributed by atoms with E-state index in [4.69, 9.17) is 16.7 Å². The number of hydrogen-bond donors (Lipinski definition) is 1. The Morgan fingerprint density at radius 2 is 1.86 bits per heavy atom. The van der Waals surface area contributed by atoms with Gasteiger partial charge in [-0.15, -0.1) is 0 Å². The molecule has 2 saturated carbocycles. The highest BCUT2D eigenvalue weighted by Crippen LogP contribution is 2.37. The highest BCUT2D eigenvalue weighted by Gasteiger charge is 2.30. The van der Waals surface area contributed by atoms with E-state index in [2.05, 4.69) is 4.90 Å². The predicted molar refractivity (Wildman–Crippen MR) is 85.8 cm³/mol. The summed E-state index contributed by atoms with van der Waals surface area (Å²) in [5.41, 5.74) is 2.00. The fourth-order valence-corrected chi connectivity index (χ4v) is 2.78. The number of rotatable bonds is 7. The molecule has 0 aliphatic heterocycles. The highest BCUT2D eigenvalue weighted by molar-refractivity contribution is 6.30. The fraction of sp³-hybridized carbons (Fsp3) is 0.471. The summed E-state index contributed by atoms with van der Waals surface area (Å²) >= 11 is 6.07. The summed E-state index contributed by atoms with van der Waals surface area (Å²) in [6, 6.07) is 5.76. The summed E-state index contributed by atoms with van der Waals surface area (Å²) < 4.78 is 0. The first kappa shape index (κ1) is 14.5. The summed E-state index contributed by atoms with van der Waals surface area (Å²) in [5, 5.41) is 9.49. The number of hydrogen-bond acceptors (Lipinski definition) is 2. The Morgan fingerprint density at radius 1 is 1.24 bits per heavy atom. The van der Waals surface area contributed by atoms with Gasteiger partial charge in [-0.1, -0.05) is 11.6 Å². The van der Waals surface area contributed by atoms with Gasteiger partial charge in [0, 0.05) is 29.9 Å². The van der Waals surface area contributed by atoms with E-state index in [9.17, 15) is 4.79 Å². The van der Waals surface area contributed by atoms with Crippen molar-refractivity contribution in [1.29, 1.82) is 0 Å². The Bertz CT molecular complexity index is 548. The van der Waals surface area contributed by atoms with Gasteiger partial charge in [0.1, 0.15) is 0 Å². The maximum Gasteiger partial charge on any atom is 0.328 e. The van der Waals surface area contributed by atoms with Gasteiger partial charge in [0.05, 0.1) is 0 Å². The second kappa shape index (κ2) is 6.10. The zero-order valence-electron chi connectivity index (χ0n) is 12.0. The number of halogens is 1. The molecule has 0 radical (unpaired) electrons. The zero-order valence-corrected chi connectivity index (χ0v) is 12.7. The Labute approximate surface area is 130 Å². The van der Waals surface area contributed by atoms with Crippen LogP contribution in [0.2, 0.25) is 5.02 Å². The van der Waals surface area contributed by atoms with E-state index in [1.54, 1.807) is 6.08 Å². The maximum absolute atomic E-state index is 10.8. The molecule has 0 amide bonds. The Morgan fingerprint density at radius 3 is 2.38 bits per heavy atom. The quantitative estimate of drug-likeness (QED) is 0.772. The van der Waals surface area contributed by atoms with Gasteiger partial charge in [-0.05, 0) is 67.4 Å². The molecule has 3 rings (SSSR count). The predicted octanol–water partition coefficient (Wildman–Crippen LogP) is 4.06. The molecule has 21 heavy (non-hydrogen) atoms. The molecule has 0 heterocycles. The van der Waals surface area contributed by atoms with Crippen LogP contribution in [0, 0.1) is 11.8 Å². The molecule has 4 heteroatoms. The number of carboxylic acid groups (broad SMARTS) is 1. The third-order valence-electron chi connectivity index (χ3n) is 4.09. The smallest absolute Gasteiger partial charge is 0.328 e. The van der Waals surface area contributed by atoms with Gasteiger partial charge in [0.15, 0.2) is 0 Å². The Balaban J connectivity index is 1.86. The molecule has 0 aromatic heterocycles. The highest BCUT2D eigenvalue weighted by atomic mass is 35.5. The van der Waals surface area contributed by atoms with Crippen LogP contribution in [0.5, 0.6) is 0 Å². The second-order valence-electron chi connectivity index (χ2n) is 6.17. The van der Waals surface area contributed by atoms with Gasteiger partial charge in [-0.3, -0.25) is 0 Å². The van der Waals surface area contributed by atoms with Gasteiger partial charge in [-0.25, -0.2) is 4.79 Å². The first-order chi connectivity index (χ1) is 10.1. The monoisotopic (exact) mass is 305 g/mol. The molecule has 0 bridgehead atoms. The van der Waals surface area contributed by atoms with E-state index >= 15 is 0 Å². The van der Waals surface area contributed by atoms with Crippen molar-refractivity contribution in [2.75, 3.05) is 18.0 Å². The molecule has 2 fully saturated rings. The first-order valence-corrected chi connectivity index (χ1v) is 7.95. The van der Waals surface area contributed by atoms with Crippen LogP contribution >= 0.6 is 11.6 Å². The van der Waals surface area contributed by atoms with Crippen molar-refractivity contribution in [2.24, 2.45) is 11.8 Å². The van der Waals surface area contributed by atoms with E-state index in [1.165, 1.54) is 31.8 Å². The largest absolute Gasteiger partial charge is 0.478 e. The molecule has 0 spiro atoms. The van der Waals surface area contributed by atoms with Gasteiger partial charge in [0.2, 0.25) is 0 Å². The van der Waals surface area contributed by atoms with Crippen molar-refractivity contribution in [2.45, 2.75) is 25.7 Å². The topological polar surface area (TPSA) is 40.5 Å². The minimum absolute atomic E-state index is 0.640. The van der Waals surface area contributed by atoms with Crippen molar-refractivity contribution in [1.82, 2.24) is 0 Å². The van der Waals surface area contributed by atoms with Crippen LogP contribution in [0.3, 0.4) is 0 Å². The zero-order chi connectivity index (χ0) is 14.8. The maximum atomic E-state index is 10.8. The molecule has 2 aliphatic rings. The number of anilines is 1. The van der Waals surface area contributed by atoms with Crippen molar-refractivity contribution < 1.29 is 9.90 Å². The van der Waals surface area contributed by atoms with Crippen LogP contribution < -0.4 is 4.90 Å². The van der Waals surface area contributed by atoms with E-state index in [0.717, 1.165) is 36.2 Å². The van der Waals surface area contributed by atoms with Crippen molar-refractivity contribution in [3.05, 3.63) is 34.9 Å².